The van der Waals surface area contributed by atoms with E-state index >= 15 is 0 Å². The Morgan fingerprint density at radius 2 is 2.38 bits per heavy atom. The van der Waals surface area contributed by atoms with Crippen molar-refractivity contribution in [3.8, 4) is 5.75 Å². The Kier molecular flexibility index (Phi) is 5.10. The number of ether oxygens (including phenoxy) is 2. The Hall–Kier alpha value is -2.41. The van der Waals surface area contributed by atoms with Gasteiger partial charge < -0.3 is 14.8 Å². The van der Waals surface area contributed by atoms with E-state index in [0.717, 1.165) is 22.7 Å². The second-order valence-corrected chi connectivity index (χ2v) is 6.02. The molecule has 2 heterocycles. The summed E-state index contributed by atoms with van der Waals surface area (Å²) in [5.41, 5.74) is 2.84. The summed E-state index contributed by atoms with van der Waals surface area (Å²) in [6, 6.07) is 7.54. The van der Waals surface area contributed by atoms with E-state index in [1.54, 1.807) is 7.11 Å². The maximum atomic E-state index is 12.2. The zero-order valence-electron chi connectivity index (χ0n) is 14.0. The zero-order chi connectivity index (χ0) is 16.9. The molecule has 2 aromatic rings. The van der Waals surface area contributed by atoms with Gasteiger partial charge in [-0.25, -0.2) is 4.68 Å². The first-order chi connectivity index (χ1) is 11.7. The molecule has 1 unspecified atom stereocenters. The Bertz CT molecular complexity index is 714. The standard InChI is InChI=1S/C17H22N4O3/c1-12-16-11-24-10-14(9-21(16)20-19-12)8-18-17(22)7-13-4-3-5-15(6-13)23-2/h3-6,14H,7-11H2,1-2H3,(H,18,22). The van der Waals surface area contributed by atoms with Gasteiger partial charge >= 0.3 is 0 Å². The normalized spacial score (nSPS) is 17.0. The Labute approximate surface area is 141 Å². The molecule has 1 amide bonds. The average molecular weight is 330 g/mol. The number of aryl methyl sites for hydroxylation is 1. The minimum absolute atomic E-state index is 0.0116. The molecule has 128 valence electrons. The molecular weight excluding hydrogens is 308 g/mol. The highest BCUT2D eigenvalue weighted by Crippen LogP contribution is 2.15. The highest BCUT2D eigenvalue weighted by atomic mass is 16.5. The second kappa shape index (κ2) is 7.44. The number of rotatable bonds is 5. The summed E-state index contributed by atoms with van der Waals surface area (Å²) in [6.45, 7) is 4.31. The third kappa shape index (κ3) is 3.91. The van der Waals surface area contributed by atoms with Crippen LogP contribution in [0, 0.1) is 12.8 Å². The fraction of sp³-hybridized carbons (Fsp3) is 0.471. The van der Waals surface area contributed by atoms with Crippen LogP contribution in [0.25, 0.3) is 0 Å². The van der Waals surface area contributed by atoms with E-state index in [4.69, 9.17) is 9.47 Å². The van der Waals surface area contributed by atoms with Gasteiger partial charge in [0.25, 0.3) is 0 Å². The van der Waals surface area contributed by atoms with Gasteiger partial charge in [-0.05, 0) is 24.6 Å². The second-order valence-electron chi connectivity index (χ2n) is 6.02. The van der Waals surface area contributed by atoms with Gasteiger partial charge in [0.2, 0.25) is 5.91 Å². The molecule has 1 aliphatic heterocycles. The number of carbonyl (C=O) groups is 1. The van der Waals surface area contributed by atoms with Crippen molar-refractivity contribution in [1.29, 1.82) is 0 Å². The van der Waals surface area contributed by atoms with Crippen molar-refractivity contribution in [2.24, 2.45) is 5.92 Å². The Morgan fingerprint density at radius 1 is 1.50 bits per heavy atom. The van der Waals surface area contributed by atoms with Crippen LogP contribution in [0.5, 0.6) is 5.75 Å². The lowest BCUT2D eigenvalue weighted by molar-refractivity contribution is -0.120. The molecule has 0 fully saturated rings. The maximum Gasteiger partial charge on any atom is 0.224 e. The molecule has 0 spiro atoms. The third-order valence-electron chi connectivity index (χ3n) is 4.14. The largest absolute Gasteiger partial charge is 0.497 e. The maximum absolute atomic E-state index is 12.2. The lowest BCUT2D eigenvalue weighted by atomic mass is 10.1. The Balaban J connectivity index is 1.52. The summed E-state index contributed by atoms with van der Waals surface area (Å²) in [7, 11) is 1.62. The number of fused-ring (bicyclic) bond motifs is 1. The molecule has 0 radical (unpaired) electrons. The number of carbonyl (C=O) groups excluding carboxylic acids is 1. The first-order valence-corrected chi connectivity index (χ1v) is 8.02. The quantitative estimate of drug-likeness (QED) is 0.888. The Morgan fingerprint density at radius 3 is 3.21 bits per heavy atom. The van der Waals surface area contributed by atoms with E-state index in [1.165, 1.54) is 0 Å². The molecule has 0 aliphatic carbocycles. The third-order valence-corrected chi connectivity index (χ3v) is 4.14. The number of benzene rings is 1. The molecule has 1 atom stereocenters. The van der Waals surface area contributed by atoms with Crippen molar-refractivity contribution >= 4 is 5.91 Å². The summed E-state index contributed by atoms with van der Waals surface area (Å²) < 4.78 is 12.7. The monoisotopic (exact) mass is 330 g/mol. The number of aromatic nitrogens is 3. The van der Waals surface area contributed by atoms with Gasteiger partial charge in [-0.2, -0.15) is 0 Å². The van der Waals surface area contributed by atoms with Crippen LogP contribution in [0.1, 0.15) is 17.0 Å². The predicted octanol–water partition coefficient (Wildman–Crippen LogP) is 1.10. The molecule has 1 aliphatic rings. The molecule has 1 aromatic carbocycles. The van der Waals surface area contributed by atoms with E-state index in [9.17, 15) is 4.79 Å². The van der Waals surface area contributed by atoms with Crippen LogP contribution in [0.2, 0.25) is 0 Å². The minimum atomic E-state index is -0.0116. The molecule has 0 saturated carbocycles. The van der Waals surface area contributed by atoms with Crippen LogP contribution in [-0.2, 0) is 29.1 Å². The summed E-state index contributed by atoms with van der Waals surface area (Å²) in [6.07, 6.45) is 0.332. The van der Waals surface area contributed by atoms with E-state index in [1.807, 2.05) is 35.9 Å². The van der Waals surface area contributed by atoms with Crippen molar-refractivity contribution in [3.05, 3.63) is 41.2 Å². The molecule has 7 heteroatoms. The van der Waals surface area contributed by atoms with Gasteiger partial charge in [-0.3, -0.25) is 4.79 Å². The number of amides is 1. The lowest BCUT2D eigenvalue weighted by Crippen LogP contribution is -2.33. The molecule has 1 N–H and O–H groups in total. The van der Waals surface area contributed by atoms with Crippen LogP contribution in [0.3, 0.4) is 0 Å². The fourth-order valence-corrected chi connectivity index (χ4v) is 2.78. The number of nitrogens with one attached hydrogen (secondary N) is 1. The van der Waals surface area contributed by atoms with Crippen LogP contribution < -0.4 is 10.1 Å². The van der Waals surface area contributed by atoms with Crippen LogP contribution in [-0.4, -0.2) is 41.2 Å². The fourth-order valence-electron chi connectivity index (χ4n) is 2.78. The number of hydrogen-bond donors (Lipinski definition) is 1. The van der Waals surface area contributed by atoms with Crippen molar-refractivity contribution in [3.63, 3.8) is 0 Å². The summed E-state index contributed by atoms with van der Waals surface area (Å²) in [4.78, 5) is 12.2. The highest BCUT2D eigenvalue weighted by Gasteiger charge is 2.20. The van der Waals surface area contributed by atoms with Crippen molar-refractivity contribution in [1.82, 2.24) is 20.3 Å². The predicted molar refractivity (Wildman–Crippen MR) is 87.6 cm³/mol. The van der Waals surface area contributed by atoms with Gasteiger partial charge in [0.1, 0.15) is 5.75 Å². The van der Waals surface area contributed by atoms with E-state index in [0.29, 0.717) is 32.7 Å². The highest BCUT2D eigenvalue weighted by molar-refractivity contribution is 5.78. The number of methoxy groups -OCH3 is 1. The van der Waals surface area contributed by atoms with Crippen molar-refractivity contribution < 1.29 is 14.3 Å². The zero-order valence-corrected chi connectivity index (χ0v) is 14.0. The van der Waals surface area contributed by atoms with E-state index in [-0.39, 0.29) is 11.8 Å². The number of nitrogens with zero attached hydrogens (tertiary/aromatic N) is 3. The average Bonchev–Trinajstić information content (AvgIpc) is 2.81. The van der Waals surface area contributed by atoms with E-state index < -0.39 is 0 Å². The first-order valence-electron chi connectivity index (χ1n) is 8.02. The van der Waals surface area contributed by atoms with E-state index in [2.05, 4.69) is 15.6 Å². The minimum Gasteiger partial charge on any atom is -0.497 e. The summed E-state index contributed by atoms with van der Waals surface area (Å²) in [5, 5.41) is 11.2. The molecule has 24 heavy (non-hydrogen) atoms. The SMILES string of the molecule is COc1cccc(CC(=O)NCC2COCc3c(C)nnn3C2)c1. The topological polar surface area (TPSA) is 78.3 Å². The molecule has 3 rings (SSSR count). The number of hydrogen-bond acceptors (Lipinski definition) is 5. The van der Waals surface area contributed by atoms with Crippen LogP contribution in [0.15, 0.2) is 24.3 Å². The van der Waals surface area contributed by atoms with Crippen LogP contribution >= 0.6 is 0 Å². The smallest absolute Gasteiger partial charge is 0.224 e. The molecule has 0 bridgehead atoms. The van der Waals surface area contributed by atoms with Gasteiger partial charge in [0.15, 0.2) is 0 Å². The molecule has 7 nitrogen and oxygen atoms in total. The first kappa shape index (κ1) is 16.4. The van der Waals surface area contributed by atoms with Gasteiger partial charge in [-0.1, -0.05) is 17.3 Å². The van der Waals surface area contributed by atoms with Gasteiger partial charge in [-0.15, -0.1) is 5.10 Å². The molecule has 0 saturated heterocycles. The summed E-state index contributed by atoms with van der Waals surface area (Å²) >= 11 is 0. The van der Waals surface area contributed by atoms with Crippen molar-refractivity contribution in [2.45, 2.75) is 26.5 Å². The van der Waals surface area contributed by atoms with Gasteiger partial charge in [0.05, 0.1) is 38.1 Å². The summed E-state index contributed by atoms with van der Waals surface area (Å²) in [5.74, 6) is 0.927. The van der Waals surface area contributed by atoms with Gasteiger partial charge in [0, 0.05) is 19.0 Å². The molecule has 1 aromatic heterocycles. The lowest BCUT2D eigenvalue weighted by Gasteiger charge is -2.15. The van der Waals surface area contributed by atoms with Crippen molar-refractivity contribution in [2.75, 3.05) is 20.3 Å². The van der Waals surface area contributed by atoms with Crippen LogP contribution in [0.4, 0.5) is 0 Å². The molecular formula is C17H22N4O3.